The Balaban J connectivity index is 1.76. The maximum Gasteiger partial charge on any atom is 0.229 e. The molecule has 0 saturated heterocycles. The van der Waals surface area contributed by atoms with Gasteiger partial charge in [0.15, 0.2) is 0 Å². The Bertz CT molecular complexity index is 893. The van der Waals surface area contributed by atoms with E-state index in [0.29, 0.717) is 5.95 Å². The van der Waals surface area contributed by atoms with Crippen LogP contribution in [0.4, 0.5) is 17.5 Å². The van der Waals surface area contributed by atoms with Crippen molar-refractivity contribution in [3.8, 4) is 0 Å². The first-order valence-corrected chi connectivity index (χ1v) is 8.98. The molecule has 0 unspecified atom stereocenters. The van der Waals surface area contributed by atoms with Gasteiger partial charge < -0.3 is 10.6 Å². The SMILES string of the molecule is Cc1cc(NCc2ccccc2C)nc(Nc2ccc(Br)c(C)c2)n1. The summed E-state index contributed by atoms with van der Waals surface area (Å²) in [5.41, 5.74) is 5.58. The van der Waals surface area contributed by atoms with Gasteiger partial charge in [-0.15, -0.1) is 0 Å². The van der Waals surface area contributed by atoms with Crippen LogP contribution in [0.15, 0.2) is 53.0 Å². The fourth-order valence-corrected chi connectivity index (χ4v) is 2.81. The third-order valence-electron chi connectivity index (χ3n) is 3.99. The molecule has 4 nitrogen and oxygen atoms in total. The highest BCUT2D eigenvalue weighted by atomic mass is 79.9. The fourth-order valence-electron chi connectivity index (χ4n) is 2.56. The Morgan fingerprint density at radius 2 is 1.72 bits per heavy atom. The normalized spacial score (nSPS) is 10.6. The molecule has 1 aromatic heterocycles. The molecular formula is C20H21BrN4. The molecule has 1 heterocycles. The molecule has 0 aliphatic rings. The van der Waals surface area contributed by atoms with Gasteiger partial charge >= 0.3 is 0 Å². The number of aryl methyl sites for hydroxylation is 3. The van der Waals surface area contributed by atoms with Gasteiger partial charge in [-0.1, -0.05) is 40.2 Å². The van der Waals surface area contributed by atoms with Gasteiger partial charge in [0, 0.05) is 28.5 Å². The van der Waals surface area contributed by atoms with Crippen molar-refractivity contribution in [2.45, 2.75) is 27.3 Å². The van der Waals surface area contributed by atoms with E-state index in [2.05, 4.69) is 80.7 Å². The summed E-state index contributed by atoms with van der Waals surface area (Å²) in [6.07, 6.45) is 0. The van der Waals surface area contributed by atoms with Gasteiger partial charge in [-0.3, -0.25) is 0 Å². The quantitative estimate of drug-likeness (QED) is 0.595. The molecule has 0 fully saturated rings. The first kappa shape index (κ1) is 17.4. The third-order valence-corrected chi connectivity index (χ3v) is 4.88. The van der Waals surface area contributed by atoms with Gasteiger partial charge in [-0.25, -0.2) is 4.98 Å². The van der Waals surface area contributed by atoms with Crippen molar-refractivity contribution in [1.29, 1.82) is 0 Å². The molecule has 2 N–H and O–H groups in total. The predicted octanol–water partition coefficient (Wildman–Crippen LogP) is 5.52. The van der Waals surface area contributed by atoms with E-state index in [4.69, 9.17) is 0 Å². The second-order valence-corrected chi connectivity index (χ2v) is 6.94. The molecule has 25 heavy (non-hydrogen) atoms. The van der Waals surface area contributed by atoms with Crippen molar-refractivity contribution in [3.05, 3.63) is 75.4 Å². The molecule has 0 radical (unpaired) electrons. The first-order chi connectivity index (χ1) is 12.0. The molecule has 3 rings (SSSR count). The van der Waals surface area contributed by atoms with Gasteiger partial charge in [0.25, 0.3) is 0 Å². The molecular weight excluding hydrogens is 376 g/mol. The molecule has 3 aromatic rings. The number of benzene rings is 2. The molecule has 0 bridgehead atoms. The van der Waals surface area contributed by atoms with Crippen molar-refractivity contribution < 1.29 is 0 Å². The zero-order chi connectivity index (χ0) is 17.8. The largest absolute Gasteiger partial charge is 0.366 e. The summed E-state index contributed by atoms with van der Waals surface area (Å²) < 4.78 is 1.09. The van der Waals surface area contributed by atoms with Crippen LogP contribution in [0.5, 0.6) is 0 Å². The van der Waals surface area contributed by atoms with Gasteiger partial charge in [-0.2, -0.15) is 4.98 Å². The minimum Gasteiger partial charge on any atom is -0.366 e. The standard InChI is InChI=1S/C20H21BrN4/c1-13-6-4-5-7-16(13)12-22-19-11-15(3)23-20(25-19)24-17-8-9-18(21)14(2)10-17/h4-11H,12H2,1-3H3,(H2,22,23,24,25). The number of aromatic nitrogens is 2. The van der Waals surface area contributed by atoms with E-state index < -0.39 is 0 Å². The Hall–Kier alpha value is -2.40. The van der Waals surface area contributed by atoms with E-state index in [1.807, 2.05) is 25.1 Å². The number of halogens is 1. The molecule has 128 valence electrons. The van der Waals surface area contributed by atoms with E-state index in [1.54, 1.807) is 0 Å². The number of hydrogen-bond donors (Lipinski definition) is 2. The van der Waals surface area contributed by atoms with Gasteiger partial charge in [0.1, 0.15) is 5.82 Å². The van der Waals surface area contributed by atoms with Gasteiger partial charge in [-0.05, 0) is 55.7 Å². The lowest BCUT2D eigenvalue weighted by Crippen LogP contribution is -2.06. The summed E-state index contributed by atoms with van der Waals surface area (Å²) in [5.74, 6) is 1.40. The Morgan fingerprint density at radius 1 is 0.920 bits per heavy atom. The Labute approximate surface area is 156 Å². The van der Waals surface area contributed by atoms with Crippen LogP contribution >= 0.6 is 15.9 Å². The van der Waals surface area contributed by atoms with Crippen molar-refractivity contribution in [2.75, 3.05) is 10.6 Å². The lowest BCUT2D eigenvalue weighted by molar-refractivity contribution is 1.05. The Morgan fingerprint density at radius 3 is 2.48 bits per heavy atom. The highest BCUT2D eigenvalue weighted by molar-refractivity contribution is 9.10. The molecule has 0 aliphatic carbocycles. The van der Waals surface area contributed by atoms with E-state index >= 15 is 0 Å². The van der Waals surface area contributed by atoms with Crippen LogP contribution in [-0.4, -0.2) is 9.97 Å². The summed E-state index contributed by atoms with van der Waals surface area (Å²) >= 11 is 3.52. The van der Waals surface area contributed by atoms with Crippen LogP contribution in [0.1, 0.15) is 22.4 Å². The van der Waals surface area contributed by atoms with Crippen molar-refractivity contribution in [2.24, 2.45) is 0 Å². The summed E-state index contributed by atoms with van der Waals surface area (Å²) in [6.45, 7) is 6.88. The predicted molar refractivity (Wildman–Crippen MR) is 107 cm³/mol. The van der Waals surface area contributed by atoms with Gasteiger partial charge in [0.2, 0.25) is 5.95 Å². The molecule has 0 saturated carbocycles. The minimum absolute atomic E-state index is 0.592. The van der Waals surface area contributed by atoms with E-state index in [9.17, 15) is 0 Å². The summed E-state index contributed by atoms with van der Waals surface area (Å²) in [6, 6.07) is 16.4. The molecule has 0 atom stereocenters. The number of rotatable bonds is 5. The lowest BCUT2D eigenvalue weighted by atomic mass is 10.1. The average molecular weight is 397 g/mol. The molecule has 0 spiro atoms. The second-order valence-electron chi connectivity index (χ2n) is 6.09. The smallest absolute Gasteiger partial charge is 0.229 e. The fraction of sp³-hybridized carbons (Fsp3) is 0.200. The van der Waals surface area contributed by atoms with Crippen molar-refractivity contribution >= 4 is 33.4 Å². The number of hydrogen-bond acceptors (Lipinski definition) is 4. The van der Waals surface area contributed by atoms with Crippen LogP contribution in [0.25, 0.3) is 0 Å². The van der Waals surface area contributed by atoms with Crippen LogP contribution in [0.2, 0.25) is 0 Å². The van der Waals surface area contributed by atoms with Gasteiger partial charge in [0.05, 0.1) is 0 Å². The summed E-state index contributed by atoms with van der Waals surface area (Å²) in [4.78, 5) is 9.06. The maximum absolute atomic E-state index is 4.58. The summed E-state index contributed by atoms with van der Waals surface area (Å²) in [7, 11) is 0. The average Bonchev–Trinajstić information content (AvgIpc) is 2.57. The highest BCUT2D eigenvalue weighted by Crippen LogP contribution is 2.22. The maximum atomic E-state index is 4.58. The van der Waals surface area contributed by atoms with Crippen LogP contribution < -0.4 is 10.6 Å². The second kappa shape index (κ2) is 7.66. The topological polar surface area (TPSA) is 49.8 Å². The number of nitrogens with zero attached hydrogens (tertiary/aromatic N) is 2. The third kappa shape index (κ3) is 4.57. The van der Waals surface area contributed by atoms with Crippen molar-refractivity contribution in [1.82, 2.24) is 9.97 Å². The molecule has 0 aliphatic heterocycles. The summed E-state index contributed by atoms with van der Waals surface area (Å²) in [5, 5.41) is 6.67. The van der Waals surface area contributed by atoms with E-state index in [0.717, 1.165) is 33.8 Å². The van der Waals surface area contributed by atoms with Crippen LogP contribution in [-0.2, 0) is 6.54 Å². The van der Waals surface area contributed by atoms with E-state index in [-0.39, 0.29) is 0 Å². The highest BCUT2D eigenvalue weighted by Gasteiger charge is 2.05. The van der Waals surface area contributed by atoms with Crippen molar-refractivity contribution in [3.63, 3.8) is 0 Å². The Kier molecular flexibility index (Phi) is 5.34. The molecule has 2 aromatic carbocycles. The van der Waals surface area contributed by atoms with Crippen LogP contribution in [0, 0.1) is 20.8 Å². The minimum atomic E-state index is 0.592. The monoisotopic (exact) mass is 396 g/mol. The number of anilines is 3. The molecule has 5 heteroatoms. The zero-order valence-electron chi connectivity index (χ0n) is 14.6. The number of nitrogens with one attached hydrogen (secondary N) is 2. The first-order valence-electron chi connectivity index (χ1n) is 8.18. The van der Waals surface area contributed by atoms with E-state index in [1.165, 1.54) is 11.1 Å². The lowest BCUT2D eigenvalue weighted by Gasteiger charge is -2.12. The van der Waals surface area contributed by atoms with Crippen LogP contribution in [0.3, 0.4) is 0 Å². The zero-order valence-corrected chi connectivity index (χ0v) is 16.2. The molecule has 0 amide bonds.